The van der Waals surface area contributed by atoms with E-state index >= 15 is 0 Å². The Hall–Kier alpha value is 0.200. The van der Waals surface area contributed by atoms with Crippen LogP contribution in [0.25, 0.3) is 0 Å². The molecule has 1 nitrogen and oxygen atoms in total. The lowest BCUT2D eigenvalue weighted by Gasteiger charge is -2.04. The van der Waals surface area contributed by atoms with Gasteiger partial charge >= 0.3 is 0 Å². The van der Waals surface area contributed by atoms with Crippen molar-refractivity contribution in [3.8, 4) is 0 Å². The summed E-state index contributed by atoms with van der Waals surface area (Å²) in [5.74, 6) is 0. The van der Waals surface area contributed by atoms with E-state index in [0.717, 1.165) is 19.7 Å². The first kappa shape index (κ1) is 9.29. The third-order valence-corrected chi connectivity index (χ3v) is 2.60. The highest BCUT2D eigenvalue weighted by molar-refractivity contribution is 14.1. The molecule has 0 aliphatic heterocycles. The molecule has 0 spiro atoms. The van der Waals surface area contributed by atoms with Crippen LogP contribution in [0.2, 0.25) is 5.02 Å². The monoisotopic (exact) mass is 282 g/mol. The van der Waals surface area contributed by atoms with E-state index in [-0.39, 0.29) is 6.61 Å². The minimum atomic E-state index is 0.0579. The summed E-state index contributed by atoms with van der Waals surface area (Å²) in [6, 6.07) is 3.82. The number of aliphatic hydroxyl groups is 1. The Kier molecular flexibility index (Phi) is 3.16. The largest absolute Gasteiger partial charge is 0.392 e. The number of rotatable bonds is 1. The molecule has 0 heterocycles. The fourth-order valence-corrected chi connectivity index (χ4v) is 1.97. The van der Waals surface area contributed by atoms with E-state index in [1.807, 2.05) is 19.1 Å². The number of hydrogen-bond acceptors (Lipinski definition) is 1. The second-order valence-electron chi connectivity index (χ2n) is 2.33. The Balaban J connectivity index is 3.24. The first-order chi connectivity index (χ1) is 5.15. The average molecular weight is 283 g/mol. The van der Waals surface area contributed by atoms with Gasteiger partial charge in [0.15, 0.2) is 0 Å². The predicted molar refractivity (Wildman–Crippen MR) is 54.8 cm³/mol. The van der Waals surface area contributed by atoms with Crippen LogP contribution >= 0.6 is 34.2 Å². The van der Waals surface area contributed by atoms with Gasteiger partial charge in [-0.3, -0.25) is 0 Å². The highest BCUT2D eigenvalue weighted by atomic mass is 127. The number of hydrogen-bond donors (Lipinski definition) is 1. The summed E-state index contributed by atoms with van der Waals surface area (Å²) in [4.78, 5) is 0. The molecule has 1 N–H and O–H groups in total. The summed E-state index contributed by atoms with van der Waals surface area (Å²) in [6.07, 6.45) is 0. The maximum atomic E-state index is 8.91. The van der Waals surface area contributed by atoms with E-state index in [4.69, 9.17) is 16.7 Å². The molecule has 0 fully saturated rings. The molecule has 1 aromatic carbocycles. The van der Waals surface area contributed by atoms with E-state index in [9.17, 15) is 0 Å². The minimum Gasteiger partial charge on any atom is -0.392 e. The van der Waals surface area contributed by atoms with Crippen LogP contribution in [0.5, 0.6) is 0 Å². The van der Waals surface area contributed by atoms with E-state index < -0.39 is 0 Å². The minimum absolute atomic E-state index is 0.0579. The zero-order valence-corrected chi connectivity index (χ0v) is 8.98. The smallest absolute Gasteiger partial charge is 0.0685 e. The SMILES string of the molecule is Cc1c(Cl)cc(I)cc1CO. The maximum absolute atomic E-state index is 8.91. The molecule has 0 aliphatic rings. The molecular formula is C8H8ClIO. The third-order valence-electron chi connectivity index (χ3n) is 1.59. The molecule has 0 radical (unpaired) electrons. The molecule has 0 bridgehead atoms. The van der Waals surface area contributed by atoms with Crippen molar-refractivity contribution in [2.45, 2.75) is 13.5 Å². The highest BCUT2D eigenvalue weighted by Crippen LogP contribution is 2.22. The van der Waals surface area contributed by atoms with Gasteiger partial charge in [-0.1, -0.05) is 11.6 Å². The lowest BCUT2D eigenvalue weighted by atomic mass is 10.1. The standard InChI is InChI=1S/C8H8ClIO/c1-5-6(4-11)2-7(10)3-8(5)9/h2-3,11H,4H2,1H3. The first-order valence-corrected chi connectivity index (χ1v) is 4.66. The summed E-state index contributed by atoms with van der Waals surface area (Å²) in [6.45, 7) is 1.96. The molecule has 0 saturated heterocycles. The number of halogens is 2. The van der Waals surface area contributed by atoms with Crippen LogP contribution < -0.4 is 0 Å². The van der Waals surface area contributed by atoms with Gasteiger partial charge in [0.25, 0.3) is 0 Å². The fraction of sp³-hybridized carbons (Fsp3) is 0.250. The summed E-state index contributed by atoms with van der Waals surface area (Å²) in [5, 5.41) is 9.63. The van der Waals surface area contributed by atoms with Crippen molar-refractivity contribution in [1.82, 2.24) is 0 Å². The lowest BCUT2D eigenvalue weighted by Crippen LogP contribution is -1.90. The van der Waals surface area contributed by atoms with E-state index in [1.54, 1.807) is 0 Å². The quantitative estimate of drug-likeness (QED) is 0.785. The molecule has 3 heteroatoms. The molecule has 0 aliphatic carbocycles. The van der Waals surface area contributed by atoms with Gasteiger partial charge in [0.2, 0.25) is 0 Å². The zero-order chi connectivity index (χ0) is 8.43. The van der Waals surface area contributed by atoms with Crippen LogP contribution in [0.3, 0.4) is 0 Å². The number of benzene rings is 1. The molecule has 11 heavy (non-hydrogen) atoms. The van der Waals surface area contributed by atoms with Crippen LogP contribution in [0, 0.1) is 10.5 Å². The van der Waals surface area contributed by atoms with E-state index in [2.05, 4.69) is 22.6 Å². The summed E-state index contributed by atoms with van der Waals surface area (Å²) >= 11 is 8.06. The Bertz CT molecular complexity index is 273. The Morgan fingerprint density at radius 3 is 2.73 bits per heavy atom. The van der Waals surface area contributed by atoms with Crippen LogP contribution in [0.4, 0.5) is 0 Å². The van der Waals surface area contributed by atoms with Gasteiger partial charge in [-0.15, -0.1) is 0 Å². The molecule has 1 rings (SSSR count). The van der Waals surface area contributed by atoms with Crippen LogP contribution in [0.1, 0.15) is 11.1 Å². The Morgan fingerprint density at radius 1 is 1.55 bits per heavy atom. The van der Waals surface area contributed by atoms with Gasteiger partial charge in [-0.25, -0.2) is 0 Å². The lowest BCUT2D eigenvalue weighted by molar-refractivity contribution is 0.281. The van der Waals surface area contributed by atoms with Gasteiger partial charge in [0.1, 0.15) is 0 Å². The molecule has 0 unspecified atom stereocenters. The van der Waals surface area contributed by atoms with Crippen molar-refractivity contribution in [3.05, 3.63) is 31.9 Å². The van der Waals surface area contributed by atoms with Crippen molar-refractivity contribution in [2.24, 2.45) is 0 Å². The summed E-state index contributed by atoms with van der Waals surface area (Å²) in [5.41, 5.74) is 1.87. The average Bonchev–Trinajstić information content (AvgIpc) is 1.96. The van der Waals surface area contributed by atoms with Crippen LogP contribution in [-0.4, -0.2) is 5.11 Å². The van der Waals surface area contributed by atoms with E-state index in [0.29, 0.717) is 0 Å². The highest BCUT2D eigenvalue weighted by Gasteiger charge is 2.02. The fourth-order valence-electron chi connectivity index (χ4n) is 0.863. The second kappa shape index (κ2) is 3.74. The molecule has 0 amide bonds. The second-order valence-corrected chi connectivity index (χ2v) is 3.98. The van der Waals surface area contributed by atoms with Crippen molar-refractivity contribution < 1.29 is 5.11 Å². The normalized spacial score (nSPS) is 10.2. The van der Waals surface area contributed by atoms with Crippen LogP contribution in [0.15, 0.2) is 12.1 Å². The van der Waals surface area contributed by atoms with Crippen molar-refractivity contribution in [2.75, 3.05) is 0 Å². The van der Waals surface area contributed by atoms with Gasteiger partial charge in [0, 0.05) is 8.59 Å². The van der Waals surface area contributed by atoms with Gasteiger partial charge in [-0.2, -0.15) is 0 Å². The van der Waals surface area contributed by atoms with Gasteiger partial charge < -0.3 is 5.11 Å². The Labute approximate surface area is 84.5 Å². The Morgan fingerprint density at radius 2 is 2.18 bits per heavy atom. The van der Waals surface area contributed by atoms with Crippen LogP contribution in [-0.2, 0) is 6.61 Å². The zero-order valence-electron chi connectivity index (χ0n) is 6.06. The first-order valence-electron chi connectivity index (χ1n) is 3.20. The molecule has 60 valence electrons. The molecular weight excluding hydrogens is 274 g/mol. The summed E-state index contributed by atoms with van der Waals surface area (Å²) < 4.78 is 1.06. The summed E-state index contributed by atoms with van der Waals surface area (Å²) in [7, 11) is 0. The molecule has 0 atom stereocenters. The van der Waals surface area contributed by atoms with Crippen molar-refractivity contribution in [1.29, 1.82) is 0 Å². The van der Waals surface area contributed by atoms with Crippen molar-refractivity contribution in [3.63, 3.8) is 0 Å². The topological polar surface area (TPSA) is 20.2 Å². The molecule has 0 aromatic heterocycles. The predicted octanol–water partition coefficient (Wildman–Crippen LogP) is 2.75. The van der Waals surface area contributed by atoms with E-state index in [1.165, 1.54) is 0 Å². The maximum Gasteiger partial charge on any atom is 0.0685 e. The van der Waals surface area contributed by atoms with Gasteiger partial charge in [-0.05, 0) is 52.8 Å². The van der Waals surface area contributed by atoms with Crippen molar-refractivity contribution >= 4 is 34.2 Å². The van der Waals surface area contributed by atoms with Gasteiger partial charge in [0.05, 0.1) is 6.61 Å². The molecule has 1 aromatic rings. The number of aliphatic hydroxyl groups excluding tert-OH is 1. The molecule has 0 saturated carbocycles. The third kappa shape index (κ3) is 2.07.